The van der Waals surface area contributed by atoms with Crippen LogP contribution in [-0.2, 0) is 0 Å². The number of para-hydroxylation sites is 1. The summed E-state index contributed by atoms with van der Waals surface area (Å²) in [6.45, 7) is 2.64. The van der Waals surface area contributed by atoms with Crippen LogP contribution in [0.15, 0.2) is 35.3 Å². The van der Waals surface area contributed by atoms with E-state index in [9.17, 15) is 9.59 Å². The predicted molar refractivity (Wildman–Crippen MR) is 77.7 cm³/mol. The molecule has 0 aliphatic heterocycles. The van der Waals surface area contributed by atoms with Crippen LogP contribution in [0.3, 0.4) is 0 Å². The summed E-state index contributed by atoms with van der Waals surface area (Å²) in [6.07, 6.45) is 3.00. The predicted octanol–water partition coefficient (Wildman–Crippen LogP) is 2.31. The van der Waals surface area contributed by atoms with Gasteiger partial charge in [-0.25, -0.2) is 9.78 Å². The molecule has 0 radical (unpaired) electrons. The topological polar surface area (TPSA) is 92.3 Å². The summed E-state index contributed by atoms with van der Waals surface area (Å²) < 4.78 is 5.67. The van der Waals surface area contributed by atoms with Gasteiger partial charge in [0.05, 0.1) is 12.2 Å². The van der Waals surface area contributed by atoms with Crippen LogP contribution in [0.4, 0.5) is 0 Å². The minimum Gasteiger partial charge on any atom is -0.493 e. The van der Waals surface area contributed by atoms with Crippen molar-refractivity contribution < 1.29 is 14.6 Å². The highest BCUT2D eigenvalue weighted by Gasteiger charge is 2.13. The van der Waals surface area contributed by atoms with Crippen molar-refractivity contribution >= 4 is 5.97 Å². The molecule has 21 heavy (non-hydrogen) atoms. The largest absolute Gasteiger partial charge is 0.493 e. The van der Waals surface area contributed by atoms with Gasteiger partial charge in [-0.1, -0.05) is 25.5 Å². The molecular formula is C15H16N2O4. The lowest BCUT2D eigenvalue weighted by molar-refractivity contribution is 0.0694. The average molecular weight is 288 g/mol. The Bertz CT molecular complexity index is 694. The normalized spacial score (nSPS) is 10.3. The maximum absolute atomic E-state index is 11.7. The number of nitrogens with zero attached hydrogens (tertiary/aromatic N) is 1. The van der Waals surface area contributed by atoms with E-state index in [0.29, 0.717) is 17.9 Å². The Kier molecular flexibility index (Phi) is 4.71. The summed E-state index contributed by atoms with van der Waals surface area (Å²) in [5.41, 5.74) is -0.443. The van der Waals surface area contributed by atoms with Crippen molar-refractivity contribution in [3.8, 4) is 17.1 Å². The van der Waals surface area contributed by atoms with Crippen LogP contribution in [-0.4, -0.2) is 27.7 Å². The minimum atomic E-state index is -1.30. The van der Waals surface area contributed by atoms with Gasteiger partial charge in [-0.3, -0.25) is 4.79 Å². The van der Waals surface area contributed by atoms with Crippen molar-refractivity contribution in [2.45, 2.75) is 19.8 Å². The molecule has 0 unspecified atom stereocenters. The van der Waals surface area contributed by atoms with Crippen LogP contribution < -0.4 is 10.3 Å². The molecule has 0 aliphatic carbocycles. The van der Waals surface area contributed by atoms with E-state index in [1.165, 1.54) is 0 Å². The van der Waals surface area contributed by atoms with Gasteiger partial charge in [-0.15, -0.1) is 0 Å². The summed E-state index contributed by atoms with van der Waals surface area (Å²) in [5.74, 6) is -0.406. The maximum Gasteiger partial charge on any atom is 0.342 e. The van der Waals surface area contributed by atoms with Crippen LogP contribution in [0, 0.1) is 0 Å². The van der Waals surface area contributed by atoms with Gasteiger partial charge >= 0.3 is 5.97 Å². The average Bonchev–Trinajstić information content (AvgIpc) is 2.47. The quantitative estimate of drug-likeness (QED) is 0.796. The number of aromatic nitrogens is 2. The number of nitrogens with one attached hydrogen (secondary N) is 1. The number of benzene rings is 1. The number of rotatable bonds is 6. The summed E-state index contributed by atoms with van der Waals surface area (Å²) in [5, 5.41) is 8.84. The molecule has 6 nitrogen and oxygen atoms in total. The molecule has 2 rings (SSSR count). The molecule has 0 amide bonds. The van der Waals surface area contributed by atoms with Crippen LogP contribution >= 0.6 is 0 Å². The van der Waals surface area contributed by atoms with E-state index >= 15 is 0 Å². The van der Waals surface area contributed by atoms with E-state index < -0.39 is 11.5 Å². The molecule has 1 aromatic heterocycles. The molecule has 2 aromatic rings. The second kappa shape index (κ2) is 6.69. The lowest BCUT2D eigenvalue weighted by Crippen LogP contribution is -2.18. The highest BCUT2D eigenvalue weighted by Crippen LogP contribution is 2.26. The van der Waals surface area contributed by atoms with E-state index in [2.05, 4.69) is 16.9 Å². The van der Waals surface area contributed by atoms with Gasteiger partial charge < -0.3 is 14.8 Å². The third-order valence-electron chi connectivity index (χ3n) is 2.93. The van der Waals surface area contributed by atoms with Crippen LogP contribution in [0.5, 0.6) is 5.75 Å². The third kappa shape index (κ3) is 3.47. The molecule has 0 saturated heterocycles. The van der Waals surface area contributed by atoms with Gasteiger partial charge in [0.1, 0.15) is 17.1 Å². The lowest BCUT2D eigenvalue weighted by Gasteiger charge is -2.10. The SMILES string of the molecule is CCCCOc1ccccc1-c1ncc(C(=O)O)c(=O)[nH]1. The number of carboxylic acid groups (broad SMARTS) is 1. The Hall–Kier alpha value is -2.63. The van der Waals surface area contributed by atoms with Crippen molar-refractivity contribution in [1.29, 1.82) is 0 Å². The van der Waals surface area contributed by atoms with Crippen LogP contribution in [0.25, 0.3) is 11.4 Å². The zero-order valence-electron chi connectivity index (χ0n) is 11.6. The first kappa shape index (κ1) is 14.8. The first-order chi connectivity index (χ1) is 10.1. The molecule has 6 heteroatoms. The summed E-state index contributed by atoms with van der Waals surface area (Å²) in [7, 11) is 0. The van der Waals surface area contributed by atoms with Gasteiger partial charge in [-0.2, -0.15) is 0 Å². The Morgan fingerprint density at radius 1 is 1.38 bits per heavy atom. The standard InChI is InChI=1S/C15H16N2O4/c1-2-3-8-21-12-7-5-4-6-10(12)13-16-9-11(15(19)20)14(18)17-13/h4-7,9H,2-3,8H2,1H3,(H,19,20)(H,16,17,18). The smallest absolute Gasteiger partial charge is 0.342 e. The van der Waals surface area contributed by atoms with E-state index in [0.717, 1.165) is 19.0 Å². The third-order valence-corrected chi connectivity index (χ3v) is 2.93. The Balaban J connectivity index is 2.36. The van der Waals surface area contributed by atoms with Gasteiger partial charge in [0.15, 0.2) is 0 Å². The molecule has 1 aromatic carbocycles. The van der Waals surface area contributed by atoms with Gasteiger partial charge in [-0.05, 0) is 18.6 Å². The molecule has 0 aliphatic rings. The monoisotopic (exact) mass is 288 g/mol. The molecule has 0 saturated carbocycles. The first-order valence-corrected chi connectivity index (χ1v) is 6.68. The lowest BCUT2D eigenvalue weighted by atomic mass is 10.2. The molecule has 0 spiro atoms. The molecule has 0 atom stereocenters. The number of aromatic carboxylic acids is 1. The zero-order valence-corrected chi connectivity index (χ0v) is 11.6. The highest BCUT2D eigenvalue weighted by atomic mass is 16.5. The first-order valence-electron chi connectivity index (χ1n) is 6.68. The fraction of sp³-hybridized carbons (Fsp3) is 0.267. The molecule has 1 heterocycles. The fourth-order valence-corrected chi connectivity index (χ4v) is 1.80. The molecular weight excluding hydrogens is 272 g/mol. The fourth-order valence-electron chi connectivity index (χ4n) is 1.80. The van der Waals surface area contributed by atoms with Crippen molar-refractivity contribution in [2.24, 2.45) is 0 Å². The second-order valence-electron chi connectivity index (χ2n) is 4.48. The molecule has 0 bridgehead atoms. The number of carbonyl (C=O) groups is 1. The highest BCUT2D eigenvalue weighted by molar-refractivity contribution is 5.86. The number of hydrogen-bond donors (Lipinski definition) is 2. The Morgan fingerprint density at radius 2 is 2.14 bits per heavy atom. The molecule has 2 N–H and O–H groups in total. The van der Waals surface area contributed by atoms with Crippen molar-refractivity contribution in [2.75, 3.05) is 6.61 Å². The molecule has 110 valence electrons. The van der Waals surface area contributed by atoms with Crippen molar-refractivity contribution in [1.82, 2.24) is 9.97 Å². The Morgan fingerprint density at radius 3 is 2.81 bits per heavy atom. The van der Waals surface area contributed by atoms with E-state index in [1.54, 1.807) is 18.2 Å². The minimum absolute atomic E-state index is 0.289. The number of ether oxygens (including phenoxy) is 1. The number of hydrogen-bond acceptors (Lipinski definition) is 4. The second-order valence-corrected chi connectivity index (χ2v) is 4.48. The number of aromatic amines is 1. The molecule has 0 fully saturated rings. The number of carboxylic acids is 1. The Labute approximate surface area is 121 Å². The van der Waals surface area contributed by atoms with Gasteiger partial charge in [0.25, 0.3) is 5.56 Å². The van der Waals surface area contributed by atoms with Crippen LogP contribution in [0.2, 0.25) is 0 Å². The van der Waals surface area contributed by atoms with Crippen molar-refractivity contribution in [3.05, 3.63) is 46.4 Å². The summed E-state index contributed by atoms with van der Waals surface area (Å²) in [6, 6.07) is 7.18. The van der Waals surface area contributed by atoms with Gasteiger partial charge in [0, 0.05) is 6.20 Å². The summed E-state index contributed by atoms with van der Waals surface area (Å²) >= 11 is 0. The van der Waals surface area contributed by atoms with E-state index in [1.807, 2.05) is 6.07 Å². The van der Waals surface area contributed by atoms with E-state index in [4.69, 9.17) is 9.84 Å². The zero-order chi connectivity index (χ0) is 15.2. The number of H-pyrrole nitrogens is 1. The van der Waals surface area contributed by atoms with Gasteiger partial charge in [0.2, 0.25) is 0 Å². The maximum atomic E-state index is 11.7. The number of unbranched alkanes of at least 4 members (excludes halogenated alkanes) is 1. The van der Waals surface area contributed by atoms with Crippen molar-refractivity contribution in [3.63, 3.8) is 0 Å². The van der Waals surface area contributed by atoms with Crippen LogP contribution in [0.1, 0.15) is 30.1 Å². The van der Waals surface area contributed by atoms with E-state index in [-0.39, 0.29) is 11.4 Å². The summed E-state index contributed by atoms with van der Waals surface area (Å²) in [4.78, 5) is 29.0.